The quantitative estimate of drug-likeness (QED) is 0.505. The van der Waals surface area contributed by atoms with Crippen molar-refractivity contribution in [1.29, 1.82) is 0 Å². The monoisotopic (exact) mass is 288 g/mol. The van der Waals surface area contributed by atoms with Crippen LogP contribution in [0.5, 0.6) is 0 Å². The van der Waals surface area contributed by atoms with Crippen LogP contribution < -0.4 is 16.2 Å². The van der Waals surface area contributed by atoms with Crippen LogP contribution in [-0.4, -0.2) is 16.0 Å². The largest absolute Gasteiger partial charge is 0.357 e. The van der Waals surface area contributed by atoms with Crippen molar-refractivity contribution >= 4 is 28.9 Å². The third-order valence-corrected chi connectivity index (χ3v) is 2.82. The standard InChI is InChI=1S/C14H16N4OS/c1-9-6-10(2)8-11(7-9)16-14(20)18-17-13(19)12-4-3-5-15-12/h3-8,15H,1-2H3,(H,17,19)(H2,16,18,20). The van der Waals surface area contributed by atoms with Crippen LogP contribution in [0.1, 0.15) is 21.6 Å². The Bertz CT molecular complexity index is 602. The molecule has 1 aromatic heterocycles. The minimum atomic E-state index is -0.278. The molecule has 1 amide bonds. The van der Waals surface area contributed by atoms with Crippen molar-refractivity contribution in [1.82, 2.24) is 15.8 Å². The fraction of sp³-hybridized carbons (Fsp3) is 0.143. The van der Waals surface area contributed by atoms with E-state index in [4.69, 9.17) is 12.2 Å². The van der Waals surface area contributed by atoms with Crippen molar-refractivity contribution in [3.05, 3.63) is 53.3 Å². The number of amides is 1. The summed E-state index contributed by atoms with van der Waals surface area (Å²) in [6.07, 6.45) is 1.68. The average molecular weight is 288 g/mol. The van der Waals surface area contributed by atoms with E-state index < -0.39 is 0 Å². The molecule has 0 aliphatic carbocycles. The molecule has 0 radical (unpaired) electrons. The molecule has 0 spiro atoms. The maximum Gasteiger partial charge on any atom is 0.286 e. The molecule has 6 heteroatoms. The third-order valence-electron chi connectivity index (χ3n) is 2.61. The van der Waals surface area contributed by atoms with Gasteiger partial charge in [-0.05, 0) is 61.5 Å². The smallest absolute Gasteiger partial charge is 0.286 e. The van der Waals surface area contributed by atoms with Crippen LogP contribution in [0.15, 0.2) is 36.5 Å². The summed E-state index contributed by atoms with van der Waals surface area (Å²) in [6.45, 7) is 4.03. The van der Waals surface area contributed by atoms with Crippen LogP contribution in [0.2, 0.25) is 0 Å². The lowest BCUT2D eigenvalue weighted by Crippen LogP contribution is -2.43. The maximum absolute atomic E-state index is 11.7. The number of hydrogen-bond donors (Lipinski definition) is 4. The van der Waals surface area contributed by atoms with Gasteiger partial charge < -0.3 is 10.3 Å². The minimum Gasteiger partial charge on any atom is -0.357 e. The molecule has 0 fully saturated rings. The molecule has 0 saturated carbocycles. The van der Waals surface area contributed by atoms with Gasteiger partial charge in [0, 0.05) is 11.9 Å². The summed E-state index contributed by atoms with van der Waals surface area (Å²) in [4.78, 5) is 14.5. The number of carbonyl (C=O) groups is 1. The van der Waals surface area contributed by atoms with Crippen molar-refractivity contribution in [2.75, 3.05) is 5.32 Å². The Morgan fingerprint density at radius 2 is 1.85 bits per heavy atom. The zero-order chi connectivity index (χ0) is 14.5. The van der Waals surface area contributed by atoms with E-state index in [1.54, 1.807) is 18.3 Å². The maximum atomic E-state index is 11.7. The first-order chi connectivity index (χ1) is 9.54. The predicted molar refractivity (Wildman–Crippen MR) is 83.5 cm³/mol. The van der Waals surface area contributed by atoms with E-state index in [9.17, 15) is 4.79 Å². The van der Waals surface area contributed by atoms with Crippen LogP contribution in [-0.2, 0) is 0 Å². The lowest BCUT2D eigenvalue weighted by molar-refractivity contribution is 0.0940. The van der Waals surface area contributed by atoms with E-state index in [1.165, 1.54) is 0 Å². The predicted octanol–water partition coefficient (Wildman–Crippen LogP) is 2.26. The van der Waals surface area contributed by atoms with Crippen LogP contribution in [0.25, 0.3) is 0 Å². The second-order valence-electron chi connectivity index (χ2n) is 4.49. The lowest BCUT2D eigenvalue weighted by atomic mass is 10.1. The fourth-order valence-electron chi connectivity index (χ4n) is 1.86. The Morgan fingerprint density at radius 3 is 2.45 bits per heavy atom. The molecule has 4 N–H and O–H groups in total. The van der Waals surface area contributed by atoms with Crippen molar-refractivity contribution in [3.8, 4) is 0 Å². The second kappa shape index (κ2) is 6.21. The SMILES string of the molecule is Cc1cc(C)cc(NC(=S)NNC(=O)c2ccc[nH]2)c1. The van der Waals surface area contributed by atoms with Gasteiger partial charge in [0.25, 0.3) is 5.91 Å². The highest BCUT2D eigenvalue weighted by Gasteiger charge is 2.06. The van der Waals surface area contributed by atoms with Gasteiger partial charge in [0.1, 0.15) is 5.69 Å². The molecule has 0 unspecified atom stereocenters. The number of thiocarbonyl (C=S) groups is 1. The molecule has 0 saturated heterocycles. The average Bonchev–Trinajstić information content (AvgIpc) is 2.88. The summed E-state index contributed by atoms with van der Waals surface area (Å²) >= 11 is 5.12. The van der Waals surface area contributed by atoms with Gasteiger partial charge in [0.2, 0.25) is 0 Å². The Hall–Kier alpha value is -2.34. The topological polar surface area (TPSA) is 68.9 Å². The Labute approximate surface area is 122 Å². The number of aromatic amines is 1. The summed E-state index contributed by atoms with van der Waals surface area (Å²) in [6, 6.07) is 9.47. The molecule has 2 rings (SSSR count). The zero-order valence-electron chi connectivity index (χ0n) is 11.3. The van der Waals surface area contributed by atoms with E-state index in [2.05, 4.69) is 27.2 Å². The number of aryl methyl sites for hydroxylation is 2. The molecule has 5 nitrogen and oxygen atoms in total. The summed E-state index contributed by atoms with van der Waals surface area (Å²) in [5, 5.41) is 3.35. The summed E-state index contributed by atoms with van der Waals surface area (Å²) in [5.41, 5.74) is 8.81. The number of H-pyrrole nitrogens is 1. The molecule has 20 heavy (non-hydrogen) atoms. The number of benzene rings is 1. The molecule has 1 aromatic carbocycles. The van der Waals surface area contributed by atoms with Gasteiger partial charge >= 0.3 is 0 Å². The number of anilines is 1. The number of hydrazine groups is 1. The van der Waals surface area contributed by atoms with Gasteiger partial charge in [-0.3, -0.25) is 15.6 Å². The molecule has 104 valence electrons. The van der Waals surface area contributed by atoms with Crippen molar-refractivity contribution in [2.24, 2.45) is 0 Å². The number of hydrogen-bond acceptors (Lipinski definition) is 2. The van der Waals surface area contributed by atoms with Crippen LogP contribution in [0, 0.1) is 13.8 Å². The molecule has 0 bridgehead atoms. The van der Waals surface area contributed by atoms with Gasteiger partial charge in [-0.15, -0.1) is 0 Å². The van der Waals surface area contributed by atoms with Gasteiger partial charge in [-0.1, -0.05) is 6.07 Å². The highest BCUT2D eigenvalue weighted by atomic mass is 32.1. The fourth-order valence-corrected chi connectivity index (χ4v) is 2.03. The van der Waals surface area contributed by atoms with Crippen LogP contribution in [0.4, 0.5) is 5.69 Å². The first kappa shape index (κ1) is 14.1. The Kier molecular flexibility index (Phi) is 4.37. The number of carbonyl (C=O) groups excluding carboxylic acids is 1. The summed E-state index contributed by atoms with van der Waals surface area (Å²) in [7, 11) is 0. The van der Waals surface area contributed by atoms with Crippen LogP contribution >= 0.6 is 12.2 Å². The second-order valence-corrected chi connectivity index (χ2v) is 4.90. The molecule has 0 atom stereocenters. The first-order valence-corrected chi connectivity index (χ1v) is 6.54. The third kappa shape index (κ3) is 3.83. The first-order valence-electron chi connectivity index (χ1n) is 6.13. The summed E-state index contributed by atoms with van der Waals surface area (Å²) in [5.74, 6) is -0.278. The number of aromatic nitrogens is 1. The van der Waals surface area contributed by atoms with Gasteiger partial charge in [0.05, 0.1) is 0 Å². The highest BCUT2D eigenvalue weighted by molar-refractivity contribution is 7.80. The zero-order valence-corrected chi connectivity index (χ0v) is 12.1. The van der Waals surface area contributed by atoms with Gasteiger partial charge in [0.15, 0.2) is 5.11 Å². The molecular weight excluding hydrogens is 272 g/mol. The van der Waals surface area contributed by atoms with E-state index in [0.717, 1.165) is 16.8 Å². The van der Waals surface area contributed by atoms with E-state index >= 15 is 0 Å². The molecule has 0 aliphatic heterocycles. The number of rotatable bonds is 2. The molecule has 0 aliphatic rings. The minimum absolute atomic E-state index is 0.278. The Morgan fingerprint density at radius 1 is 1.15 bits per heavy atom. The van der Waals surface area contributed by atoms with Gasteiger partial charge in [-0.2, -0.15) is 0 Å². The highest BCUT2D eigenvalue weighted by Crippen LogP contribution is 2.13. The van der Waals surface area contributed by atoms with Crippen molar-refractivity contribution in [3.63, 3.8) is 0 Å². The summed E-state index contributed by atoms with van der Waals surface area (Å²) < 4.78 is 0. The lowest BCUT2D eigenvalue weighted by Gasteiger charge is -2.12. The molecule has 1 heterocycles. The number of nitrogens with one attached hydrogen (secondary N) is 4. The van der Waals surface area contributed by atoms with Crippen molar-refractivity contribution in [2.45, 2.75) is 13.8 Å². The van der Waals surface area contributed by atoms with E-state index in [1.807, 2.05) is 26.0 Å². The van der Waals surface area contributed by atoms with E-state index in [0.29, 0.717) is 10.8 Å². The van der Waals surface area contributed by atoms with Crippen molar-refractivity contribution < 1.29 is 4.79 Å². The Balaban J connectivity index is 1.88. The molecular formula is C14H16N4OS. The molecule has 2 aromatic rings. The normalized spacial score (nSPS) is 9.90. The van der Waals surface area contributed by atoms with Crippen LogP contribution in [0.3, 0.4) is 0 Å². The van der Waals surface area contributed by atoms with Gasteiger partial charge in [-0.25, -0.2) is 0 Å². The van der Waals surface area contributed by atoms with E-state index in [-0.39, 0.29) is 5.91 Å².